The number of alkyl carbamates (subject to hydrolysis) is 1. The van der Waals surface area contributed by atoms with Crippen LogP contribution < -0.4 is 32.3 Å². The molecule has 4 fully saturated rings. The lowest BCUT2D eigenvalue weighted by molar-refractivity contribution is -0.119. The van der Waals surface area contributed by atoms with Crippen molar-refractivity contribution in [2.75, 3.05) is 56.7 Å². The molecule has 6 aliphatic heterocycles. The molecule has 0 saturated carbocycles. The second-order valence-electron chi connectivity index (χ2n) is 23.3. The molecule has 0 atom stereocenters. The Kier molecular flexibility index (Phi) is 21.1. The molecular weight excluding hydrogens is 1220 g/mol. The van der Waals surface area contributed by atoms with E-state index >= 15 is 0 Å². The van der Waals surface area contributed by atoms with Gasteiger partial charge in [0, 0.05) is 143 Å². The number of nitrogens with one attached hydrogen (secondary N) is 5. The minimum atomic E-state index is -1.09. The van der Waals surface area contributed by atoms with Crippen molar-refractivity contribution in [3.8, 4) is 0 Å². The average molecular weight is 1290 g/mol. The van der Waals surface area contributed by atoms with Gasteiger partial charge in [0.1, 0.15) is 18.0 Å². The molecule has 0 spiro atoms. The summed E-state index contributed by atoms with van der Waals surface area (Å²) in [5, 5.41) is 13.1. The van der Waals surface area contributed by atoms with Crippen LogP contribution in [0.3, 0.4) is 0 Å². The molecule has 11 rings (SSSR count). The van der Waals surface area contributed by atoms with E-state index in [1.807, 2.05) is 44.2 Å². The third-order valence-corrected chi connectivity index (χ3v) is 22.5. The van der Waals surface area contributed by atoms with E-state index in [4.69, 9.17) is 10.5 Å². The van der Waals surface area contributed by atoms with Crippen molar-refractivity contribution in [1.82, 2.24) is 25.1 Å². The van der Waals surface area contributed by atoms with Crippen molar-refractivity contribution < 1.29 is 72.7 Å². The summed E-state index contributed by atoms with van der Waals surface area (Å²) in [6, 6.07) is 15.5. The summed E-state index contributed by atoms with van der Waals surface area (Å²) in [4.78, 5) is 88.5. The summed E-state index contributed by atoms with van der Waals surface area (Å²) in [5.41, 5.74) is 7.53. The number of anilines is 2. The van der Waals surface area contributed by atoms with Gasteiger partial charge in [-0.05, 0) is 108 Å². The molecule has 4 saturated heterocycles. The number of ether oxygens (including phenoxy) is 1. The number of nitrogens with zero attached hydrogens (tertiary/aromatic N) is 2. The average Bonchev–Trinajstić information content (AvgIpc) is 1.78. The highest BCUT2D eigenvalue weighted by molar-refractivity contribution is 7.87. The molecule has 5 amide bonds. The summed E-state index contributed by atoms with van der Waals surface area (Å²) >= 11 is 0. The fourth-order valence-corrected chi connectivity index (χ4v) is 16.8. The van der Waals surface area contributed by atoms with E-state index in [0.717, 1.165) is 29.8 Å². The number of nitrogens with two attached hydrogens (primary N) is 1. The van der Waals surface area contributed by atoms with Gasteiger partial charge in [0.05, 0.1) is 27.7 Å². The van der Waals surface area contributed by atoms with E-state index in [0.29, 0.717) is 107 Å². The Morgan fingerprint density at radius 2 is 0.908 bits per heavy atom. The maximum Gasteiger partial charge on any atom is 0.407 e. The van der Waals surface area contributed by atoms with Crippen LogP contribution in [0.25, 0.3) is 0 Å². The van der Waals surface area contributed by atoms with Crippen LogP contribution in [0.2, 0.25) is 0 Å². The molecule has 0 radical (unpaired) electrons. The summed E-state index contributed by atoms with van der Waals surface area (Å²) in [5.74, 6) is -4.90. The van der Waals surface area contributed by atoms with Gasteiger partial charge in [-0.1, -0.05) is 37.8 Å². The molecule has 3 aromatic carbocycles. The van der Waals surface area contributed by atoms with Crippen LogP contribution >= 0.6 is 0 Å². The smallest absolute Gasteiger partial charge is 0.407 e. The fraction of sp³-hybridized carbons (Fsp3) is 0.441. The lowest BCUT2D eigenvalue weighted by Crippen LogP contribution is -2.62. The van der Waals surface area contributed by atoms with Gasteiger partial charge in [-0.2, -0.15) is 0 Å². The van der Waals surface area contributed by atoms with Crippen molar-refractivity contribution in [3.63, 3.8) is 0 Å². The van der Waals surface area contributed by atoms with Gasteiger partial charge >= 0.3 is 6.09 Å². The summed E-state index contributed by atoms with van der Waals surface area (Å²) < 4.78 is 106. The van der Waals surface area contributed by atoms with Gasteiger partial charge in [-0.25, -0.2) is 22.4 Å². The van der Waals surface area contributed by atoms with Gasteiger partial charge in [0.15, 0.2) is 23.3 Å². The van der Waals surface area contributed by atoms with E-state index in [1.165, 1.54) is 12.1 Å². The van der Waals surface area contributed by atoms with Crippen molar-refractivity contribution in [3.05, 3.63) is 141 Å². The first-order valence-electron chi connectivity index (χ1n) is 27.2. The molecule has 0 aliphatic carbocycles. The van der Waals surface area contributed by atoms with E-state index in [-0.39, 0.29) is 59.0 Å². The zero-order valence-corrected chi connectivity index (χ0v) is 51.2. The molecular formula is C59H70F4N8O12S4. The quantitative estimate of drug-likeness (QED) is 0.0468. The number of carbonyl (C=O) groups is 7. The van der Waals surface area contributed by atoms with Crippen LogP contribution in [0.5, 0.6) is 0 Å². The predicted molar refractivity (Wildman–Crippen MR) is 324 cm³/mol. The number of Topliss-reactive ketones (excluding diaryl/α,β-unsaturated/α-hetero) is 2. The number of fused-ring (bicyclic) bond motifs is 2. The Labute approximate surface area is 510 Å². The SMILES string of the molecule is C.CC1(N)CS(=O)C1.CC1(NC(=O)OCc2ccccc2)CS(=O)C1.Cc1c(C(=O)C(=O)NC2(C)CS(=O)C2)c2n(c1C(=O)Nc1ccc(F)c(F)c1)CCC2.Cc1c(C(=O)C(=O)NC2(C)CS(=O)C2)c2n(c1C(=O)Nc1ccc(F)c(F)c1)CCC2. The standard InChI is InChI=1S/2C21H21F2N3O4S.C12H15NO3S.C4H9NOS.CH4/c2*1-11-16(18(27)20(29)25-21(2)9-31(30)10-21)15-4-3-7-26(15)17(11)19(28)24-12-5-6-13(22)14(23)8-12;1-12(8-17(15)9-12)13-11(14)16-7-10-5-3-2-4-6-10;1-4(5)2-7(6)3-4;/h2*5-6,8H,3-4,7,9-10H2,1-2H3,(H,24,28)(H,25,29);2-6H,7-9H2,1H3,(H,13,14);2-3,5H2,1H3;1H4. The summed E-state index contributed by atoms with van der Waals surface area (Å²) in [6.45, 7) is 11.7. The van der Waals surface area contributed by atoms with E-state index in [1.54, 1.807) is 36.8 Å². The second-order valence-corrected chi connectivity index (χ2v) is 29.1. The maximum atomic E-state index is 13.5. The molecule has 7 N–H and O–H groups in total. The molecule has 470 valence electrons. The Balaban J connectivity index is 0.000000181. The molecule has 0 unspecified atom stereocenters. The number of amides is 5. The number of carbonyl (C=O) groups excluding carboxylic acids is 7. The van der Waals surface area contributed by atoms with E-state index in [2.05, 4.69) is 26.6 Å². The van der Waals surface area contributed by atoms with Crippen molar-refractivity contribution in [2.24, 2.45) is 5.73 Å². The molecule has 6 aliphatic rings. The molecule has 87 heavy (non-hydrogen) atoms. The topological polar surface area (TPSA) is 293 Å². The summed E-state index contributed by atoms with van der Waals surface area (Å²) in [7, 11) is -3.37. The lowest BCUT2D eigenvalue weighted by atomic mass is 10.0. The van der Waals surface area contributed by atoms with Crippen molar-refractivity contribution in [2.45, 2.75) is 117 Å². The Morgan fingerprint density at radius 1 is 0.540 bits per heavy atom. The van der Waals surface area contributed by atoms with Crippen LogP contribution in [0.1, 0.15) is 118 Å². The van der Waals surface area contributed by atoms with E-state index < -0.39 is 119 Å². The fourth-order valence-electron chi connectivity index (χ4n) is 11.0. The highest BCUT2D eigenvalue weighted by atomic mass is 32.2. The molecule has 2 aromatic heterocycles. The van der Waals surface area contributed by atoms with Crippen LogP contribution in [0.4, 0.5) is 33.7 Å². The first kappa shape index (κ1) is 67.5. The minimum Gasteiger partial charge on any atom is -0.445 e. The first-order chi connectivity index (χ1) is 40.4. The zero-order chi connectivity index (χ0) is 62.8. The summed E-state index contributed by atoms with van der Waals surface area (Å²) in [6.07, 6.45) is 2.04. The minimum absolute atomic E-state index is 0. The number of aromatic nitrogens is 2. The van der Waals surface area contributed by atoms with Crippen LogP contribution in [0, 0.1) is 37.1 Å². The van der Waals surface area contributed by atoms with Crippen LogP contribution in [0.15, 0.2) is 66.7 Å². The van der Waals surface area contributed by atoms with Crippen LogP contribution in [-0.4, -0.2) is 135 Å². The molecule has 0 bridgehead atoms. The monoisotopic (exact) mass is 1290 g/mol. The van der Waals surface area contributed by atoms with E-state index in [9.17, 15) is 68.0 Å². The van der Waals surface area contributed by atoms with Gasteiger partial charge in [-0.15, -0.1) is 0 Å². The maximum absolute atomic E-state index is 13.5. The number of ketones is 2. The van der Waals surface area contributed by atoms with Gasteiger partial charge < -0.3 is 46.2 Å². The Morgan fingerprint density at radius 3 is 1.24 bits per heavy atom. The highest BCUT2D eigenvalue weighted by Crippen LogP contribution is 2.33. The van der Waals surface area contributed by atoms with Gasteiger partial charge in [0.2, 0.25) is 0 Å². The predicted octanol–water partition coefficient (Wildman–Crippen LogP) is 5.72. The van der Waals surface area contributed by atoms with Crippen molar-refractivity contribution in [1.29, 1.82) is 0 Å². The number of benzene rings is 3. The highest BCUT2D eigenvalue weighted by Gasteiger charge is 2.44. The largest absolute Gasteiger partial charge is 0.445 e. The Hall–Kier alpha value is -7.01. The van der Waals surface area contributed by atoms with Crippen LogP contribution in [-0.2, 0) is 90.1 Å². The third-order valence-electron chi connectivity index (χ3n) is 14.8. The van der Waals surface area contributed by atoms with Gasteiger partial charge in [0.25, 0.3) is 35.2 Å². The number of hydrogen-bond donors (Lipinski definition) is 6. The van der Waals surface area contributed by atoms with Gasteiger partial charge in [-0.3, -0.25) is 45.6 Å². The zero-order valence-electron chi connectivity index (χ0n) is 48.0. The normalized spacial score (nSPS) is 25.0. The molecule has 5 aromatic rings. The first-order valence-corrected chi connectivity index (χ1v) is 33.2. The molecule has 8 heterocycles. The third kappa shape index (κ3) is 16.0. The second kappa shape index (κ2) is 27.2. The van der Waals surface area contributed by atoms with Crippen molar-refractivity contribution >= 4 is 95.9 Å². The Bertz CT molecular complexity index is 3470. The number of hydrogen-bond acceptors (Lipinski definition) is 13. The molecule has 20 nitrogen and oxygen atoms in total. The number of rotatable bonds is 13. The lowest BCUT2D eigenvalue weighted by Gasteiger charge is -2.37. The molecule has 28 heteroatoms. The number of halogens is 4.